The highest BCUT2D eigenvalue weighted by Gasteiger charge is 2.34. The van der Waals surface area contributed by atoms with Crippen molar-refractivity contribution in [2.24, 2.45) is 5.92 Å². The predicted octanol–water partition coefficient (Wildman–Crippen LogP) is 2.48. The molecular weight excluding hydrogens is 350 g/mol. The number of nitrogens with one attached hydrogen (secondary N) is 2. The molecule has 3 atom stereocenters. The van der Waals surface area contributed by atoms with Crippen LogP contribution in [0.2, 0.25) is 0 Å². The van der Waals surface area contributed by atoms with Crippen molar-refractivity contribution in [2.45, 2.75) is 50.7 Å². The van der Waals surface area contributed by atoms with Gasteiger partial charge in [-0.05, 0) is 42.9 Å². The third-order valence-electron chi connectivity index (χ3n) is 5.93. The number of hydrogen-bond donors (Lipinski definition) is 2. The number of nitrogens with zero attached hydrogens (tertiary/aromatic N) is 1. The fraction of sp³-hybridized carbons (Fsp3) is 0.650. The van der Waals surface area contributed by atoms with Crippen LogP contribution in [-0.2, 0) is 16.1 Å². The summed E-state index contributed by atoms with van der Waals surface area (Å²) in [5.41, 5.74) is 2.32. The van der Waals surface area contributed by atoms with E-state index >= 15 is 0 Å². The van der Waals surface area contributed by atoms with E-state index in [1.165, 1.54) is 24.8 Å². The molecule has 0 aromatic heterocycles. The largest absolute Gasteiger partial charge is 0.379 e. The maximum Gasteiger partial charge on any atom is 0.227 e. The van der Waals surface area contributed by atoms with Crippen LogP contribution in [0.25, 0.3) is 0 Å². The number of amides is 1. The second-order valence-electron chi connectivity index (χ2n) is 7.53. The van der Waals surface area contributed by atoms with E-state index in [0.717, 1.165) is 45.0 Å². The number of rotatable bonds is 5. The molecule has 3 fully saturated rings. The van der Waals surface area contributed by atoms with E-state index in [2.05, 4.69) is 34.9 Å². The summed E-state index contributed by atoms with van der Waals surface area (Å²) in [5, 5.41) is 7.40. The van der Waals surface area contributed by atoms with Crippen LogP contribution in [0.3, 0.4) is 0 Å². The summed E-state index contributed by atoms with van der Waals surface area (Å²) in [6.45, 7) is 4.42. The van der Waals surface area contributed by atoms with Gasteiger partial charge in [0.1, 0.15) is 0 Å². The van der Waals surface area contributed by atoms with E-state index in [9.17, 15) is 4.79 Å². The first-order valence-electron chi connectivity index (χ1n) is 9.75. The van der Waals surface area contributed by atoms with Crippen LogP contribution in [0.5, 0.6) is 0 Å². The molecule has 1 aliphatic carbocycles. The molecule has 4 rings (SSSR count). The Morgan fingerprint density at radius 2 is 2.04 bits per heavy atom. The van der Waals surface area contributed by atoms with Crippen molar-refractivity contribution in [1.29, 1.82) is 0 Å². The van der Waals surface area contributed by atoms with Crippen molar-refractivity contribution in [3.05, 3.63) is 29.8 Å². The Morgan fingerprint density at radius 3 is 2.73 bits per heavy atom. The molecule has 0 bridgehead atoms. The summed E-state index contributed by atoms with van der Waals surface area (Å²) >= 11 is 0. The van der Waals surface area contributed by atoms with Crippen LogP contribution in [-0.4, -0.2) is 44.3 Å². The lowest BCUT2D eigenvalue weighted by atomic mass is 9.94. The summed E-state index contributed by atoms with van der Waals surface area (Å²) in [6.07, 6.45) is 5.50. The van der Waals surface area contributed by atoms with Crippen LogP contribution in [0.4, 0.5) is 5.69 Å². The number of halogens is 1. The van der Waals surface area contributed by atoms with E-state index in [4.69, 9.17) is 4.74 Å². The van der Waals surface area contributed by atoms with Gasteiger partial charge in [0.25, 0.3) is 0 Å². The highest BCUT2D eigenvalue weighted by atomic mass is 35.5. The molecule has 1 saturated carbocycles. The molecule has 144 valence electrons. The maximum atomic E-state index is 11.8. The van der Waals surface area contributed by atoms with Gasteiger partial charge in [0, 0.05) is 43.8 Å². The van der Waals surface area contributed by atoms with Crippen LogP contribution >= 0.6 is 12.4 Å². The zero-order chi connectivity index (χ0) is 17.1. The molecule has 3 unspecified atom stereocenters. The molecule has 2 saturated heterocycles. The summed E-state index contributed by atoms with van der Waals surface area (Å²) in [5.74, 6) is 0.920. The first kappa shape index (κ1) is 19.6. The second kappa shape index (κ2) is 9.18. The van der Waals surface area contributed by atoms with Gasteiger partial charge in [-0.1, -0.05) is 18.6 Å². The lowest BCUT2D eigenvalue weighted by Gasteiger charge is -2.33. The minimum absolute atomic E-state index is 0. The Balaban J connectivity index is 0.00000196. The Bertz CT molecular complexity index is 589. The van der Waals surface area contributed by atoms with Crippen molar-refractivity contribution >= 4 is 24.0 Å². The van der Waals surface area contributed by atoms with Crippen molar-refractivity contribution in [3.63, 3.8) is 0 Å². The predicted molar refractivity (Wildman–Crippen MR) is 106 cm³/mol. The smallest absolute Gasteiger partial charge is 0.227 e. The average molecular weight is 380 g/mol. The Labute approximate surface area is 162 Å². The van der Waals surface area contributed by atoms with E-state index in [1.54, 1.807) is 0 Å². The fourth-order valence-corrected chi connectivity index (χ4v) is 4.55. The highest BCUT2D eigenvalue weighted by Crippen LogP contribution is 2.30. The molecule has 2 heterocycles. The van der Waals surface area contributed by atoms with Crippen molar-refractivity contribution in [2.75, 3.05) is 31.2 Å². The number of anilines is 1. The first-order chi connectivity index (χ1) is 12.3. The first-order valence-corrected chi connectivity index (χ1v) is 9.75. The monoisotopic (exact) mass is 379 g/mol. The van der Waals surface area contributed by atoms with Crippen LogP contribution in [0.1, 0.15) is 37.7 Å². The van der Waals surface area contributed by atoms with Crippen LogP contribution < -0.4 is 15.5 Å². The van der Waals surface area contributed by atoms with Crippen molar-refractivity contribution in [3.8, 4) is 0 Å². The molecule has 1 aromatic carbocycles. The van der Waals surface area contributed by atoms with Gasteiger partial charge >= 0.3 is 0 Å². The number of ether oxygens (including phenoxy) is 1. The Morgan fingerprint density at radius 1 is 1.19 bits per heavy atom. The number of carbonyl (C=O) groups is 1. The van der Waals surface area contributed by atoms with E-state index < -0.39 is 0 Å². The van der Waals surface area contributed by atoms with Crippen LogP contribution in [0.15, 0.2) is 24.3 Å². The zero-order valence-corrected chi connectivity index (χ0v) is 16.1. The molecule has 3 aliphatic rings. The van der Waals surface area contributed by atoms with Crippen molar-refractivity contribution in [1.82, 2.24) is 10.6 Å². The van der Waals surface area contributed by atoms with E-state index in [0.29, 0.717) is 24.4 Å². The highest BCUT2D eigenvalue weighted by molar-refractivity contribution is 5.95. The number of hydrogen-bond acceptors (Lipinski definition) is 4. The minimum Gasteiger partial charge on any atom is -0.379 e. The average Bonchev–Trinajstić information content (AvgIpc) is 3.30. The molecule has 26 heavy (non-hydrogen) atoms. The quantitative estimate of drug-likeness (QED) is 0.825. The molecular formula is C20H30ClN3O2. The normalized spacial score (nSPS) is 29.0. The number of carbonyl (C=O) groups excluding carboxylic acids is 1. The van der Waals surface area contributed by atoms with Gasteiger partial charge in [0.2, 0.25) is 5.91 Å². The SMILES string of the molecule is Cl.O=C1CCCN1c1ccc(CNC2CCCC2C2COCCN2)cc1. The van der Waals surface area contributed by atoms with Gasteiger partial charge in [-0.15, -0.1) is 12.4 Å². The van der Waals surface area contributed by atoms with Gasteiger partial charge in [0.15, 0.2) is 0 Å². The van der Waals surface area contributed by atoms with Gasteiger partial charge in [-0.25, -0.2) is 0 Å². The van der Waals surface area contributed by atoms with Crippen molar-refractivity contribution < 1.29 is 9.53 Å². The Kier molecular flexibility index (Phi) is 6.92. The van der Waals surface area contributed by atoms with Gasteiger partial charge in [0.05, 0.1) is 13.2 Å². The summed E-state index contributed by atoms with van der Waals surface area (Å²) < 4.78 is 5.65. The topological polar surface area (TPSA) is 53.6 Å². The molecule has 0 radical (unpaired) electrons. The second-order valence-corrected chi connectivity index (χ2v) is 7.53. The van der Waals surface area contributed by atoms with Crippen LogP contribution in [0, 0.1) is 5.92 Å². The molecule has 1 aromatic rings. The minimum atomic E-state index is 0. The lowest BCUT2D eigenvalue weighted by molar-refractivity contribution is -0.117. The standard InChI is InChI=1S/C20H29N3O2.ClH/c24-20-5-2-11-23(20)16-8-6-15(7-9-16)13-22-18-4-1-3-17(18)19-14-25-12-10-21-19;/h6-9,17-19,21-22H,1-5,10-14H2;1H. The van der Waals surface area contributed by atoms with Gasteiger partial charge < -0.3 is 20.3 Å². The fourth-order valence-electron chi connectivity index (χ4n) is 4.55. The van der Waals surface area contributed by atoms with E-state index in [-0.39, 0.29) is 18.3 Å². The third-order valence-corrected chi connectivity index (χ3v) is 5.93. The molecule has 6 heteroatoms. The number of morpholine rings is 1. The molecule has 2 N–H and O–H groups in total. The lowest BCUT2D eigenvalue weighted by Crippen LogP contribution is -2.50. The van der Waals surface area contributed by atoms with Gasteiger partial charge in [-0.3, -0.25) is 4.79 Å². The van der Waals surface area contributed by atoms with Gasteiger partial charge in [-0.2, -0.15) is 0 Å². The molecule has 2 aliphatic heterocycles. The molecule has 5 nitrogen and oxygen atoms in total. The maximum absolute atomic E-state index is 11.8. The Hall–Kier alpha value is -1.14. The van der Waals surface area contributed by atoms with E-state index in [1.807, 2.05) is 4.90 Å². The zero-order valence-electron chi connectivity index (χ0n) is 15.3. The molecule has 1 amide bonds. The summed E-state index contributed by atoms with van der Waals surface area (Å²) in [6, 6.07) is 9.54. The molecule has 0 spiro atoms. The third kappa shape index (κ3) is 4.39. The summed E-state index contributed by atoms with van der Waals surface area (Å²) in [7, 11) is 0. The summed E-state index contributed by atoms with van der Waals surface area (Å²) in [4.78, 5) is 13.7. The number of benzene rings is 1.